The second-order valence-corrected chi connectivity index (χ2v) is 6.90. The summed E-state index contributed by atoms with van der Waals surface area (Å²) in [6.07, 6.45) is -4.86. The van der Waals surface area contributed by atoms with Gasteiger partial charge in [0.15, 0.2) is 0 Å². The number of piperazine rings is 1. The highest BCUT2D eigenvalue weighted by Gasteiger charge is 2.34. The van der Waals surface area contributed by atoms with Crippen LogP contribution in [0.15, 0.2) is 23.1 Å². The van der Waals surface area contributed by atoms with E-state index in [2.05, 4.69) is 10.0 Å². The molecule has 1 aromatic rings. The van der Waals surface area contributed by atoms with Crippen LogP contribution in [-0.4, -0.2) is 52.6 Å². The molecule has 1 fully saturated rings. The van der Waals surface area contributed by atoms with Crippen LogP contribution in [0.25, 0.3) is 0 Å². The SMILES string of the molecule is Cl.Cl.O=S(=O)(NCCN1CCNCC1)c1ccc(C(F)(F)F)c(F)c1. The summed E-state index contributed by atoms with van der Waals surface area (Å²) in [6, 6.07) is 1.56. The molecule has 0 aliphatic carbocycles. The fourth-order valence-corrected chi connectivity index (χ4v) is 3.28. The van der Waals surface area contributed by atoms with Crippen LogP contribution in [0.1, 0.15) is 5.56 Å². The maximum atomic E-state index is 13.5. The van der Waals surface area contributed by atoms with Crippen molar-refractivity contribution in [3.05, 3.63) is 29.6 Å². The smallest absolute Gasteiger partial charge is 0.314 e. The Morgan fingerprint density at radius 1 is 1.16 bits per heavy atom. The third kappa shape index (κ3) is 6.87. The molecule has 25 heavy (non-hydrogen) atoms. The van der Waals surface area contributed by atoms with Crippen molar-refractivity contribution >= 4 is 34.8 Å². The van der Waals surface area contributed by atoms with Gasteiger partial charge in [-0.2, -0.15) is 13.2 Å². The van der Waals surface area contributed by atoms with Crippen molar-refractivity contribution < 1.29 is 26.0 Å². The third-order valence-corrected chi connectivity index (χ3v) is 4.94. The van der Waals surface area contributed by atoms with Crippen molar-refractivity contribution in [1.82, 2.24) is 14.9 Å². The van der Waals surface area contributed by atoms with Crippen LogP contribution in [0.2, 0.25) is 0 Å². The van der Waals surface area contributed by atoms with Gasteiger partial charge in [-0.15, -0.1) is 24.8 Å². The number of alkyl halides is 3. The van der Waals surface area contributed by atoms with E-state index >= 15 is 0 Å². The second kappa shape index (κ2) is 9.89. The Morgan fingerprint density at radius 3 is 2.28 bits per heavy atom. The van der Waals surface area contributed by atoms with E-state index in [0.717, 1.165) is 32.2 Å². The van der Waals surface area contributed by atoms with E-state index in [1.165, 1.54) is 0 Å². The zero-order chi connectivity index (χ0) is 17.1. The molecule has 12 heteroatoms. The Labute approximate surface area is 156 Å². The Hall–Kier alpha value is -0.650. The predicted molar refractivity (Wildman–Crippen MR) is 90.4 cm³/mol. The van der Waals surface area contributed by atoms with Gasteiger partial charge in [0.1, 0.15) is 5.82 Å². The predicted octanol–water partition coefficient (Wildman–Crippen LogP) is 1.87. The van der Waals surface area contributed by atoms with Crippen molar-refractivity contribution in [2.75, 3.05) is 39.3 Å². The fourth-order valence-electron chi connectivity index (χ4n) is 2.25. The van der Waals surface area contributed by atoms with Gasteiger partial charge in [-0.1, -0.05) is 0 Å². The van der Waals surface area contributed by atoms with Crippen LogP contribution in [-0.2, 0) is 16.2 Å². The Balaban J connectivity index is 0.00000288. The minimum atomic E-state index is -4.86. The number of halogens is 6. The summed E-state index contributed by atoms with van der Waals surface area (Å²) in [6.45, 7) is 3.79. The molecule has 0 spiro atoms. The van der Waals surface area contributed by atoms with Gasteiger partial charge in [-0.05, 0) is 18.2 Å². The van der Waals surface area contributed by atoms with E-state index in [0.29, 0.717) is 18.7 Å². The minimum absolute atomic E-state index is 0. The first-order chi connectivity index (χ1) is 10.7. The number of sulfonamides is 1. The van der Waals surface area contributed by atoms with Crippen LogP contribution >= 0.6 is 24.8 Å². The van der Waals surface area contributed by atoms with E-state index in [9.17, 15) is 26.0 Å². The van der Waals surface area contributed by atoms with Gasteiger partial charge >= 0.3 is 6.18 Å². The number of hydrogen-bond donors (Lipinski definition) is 2. The van der Waals surface area contributed by atoms with Gasteiger partial charge in [-0.3, -0.25) is 4.90 Å². The van der Waals surface area contributed by atoms with Gasteiger partial charge < -0.3 is 5.32 Å². The average molecular weight is 428 g/mol. The molecule has 0 saturated carbocycles. The third-order valence-electron chi connectivity index (χ3n) is 3.49. The standard InChI is InChI=1S/C13H17F4N3O2S.2ClH/c14-12-9-10(1-2-11(12)13(15,16)17)23(21,22)19-5-8-20-6-3-18-4-7-20;;/h1-2,9,18-19H,3-8H2;2*1H. The molecule has 1 heterocycles. The normalized spacial score (nSPS) is 16.0. The van der Waals surface area contributed by atoms with E-state index in [1.807, 2.05) is 4.90 Å². The van der Waals surface area contributed by atoms with E-state index in [-0.39, 0.29) is 31.4 Å². The largest absolute Gasteiger partial charge is 0.419 e. The molecule has 0 unspecified atom stereocenters. The molecular formula is C13H19Cl2F4N3O2S. The summed E-state index contributed by atoms with van der Waals surface area (Å²) in [5.74, 6) is -1.61. The summed E-state index contributed by atoms with van der Waals surface area (Å²) >= 11 is 0. The van der Waals surface area contributed by atoms with Crippen LogP contribution in [0.4, 0.5) is 17.6 Å². The topological polar surface area (TPSA) is 61.4 Å². The summed E-state index contributed by atoms with van der Waals surface area (Å²) in [7, 11) is -4.05. The summed E-state index contributed by atoms with van der Waals surface area (Å²) in [4.78, 5) is 1.52. The number of benzene rings is 1. The molecule has 0 atom stereocenters. The van der Waals surface area contributed by atoms with Crippen LogP contribution in [0.5, 0.6) is 0 Å². The number of nitrogens with one attached hydrogen (secondary N) is 2. The highest BCUT2D eigenvalue weighted by Crippen LogP contribution is 2.32. The molecular weight excluding hydrogens is 409 g/mol. The number of hydrogen-bond acceptors (Lipinski definition) is 4. The quantitative estimate of drug-likeness (QED) is 0.704. The zero-order valence-corrected chi connectivity index (χ0v) is 15.4. The molecule has 1 saturated heterocycles. The lowest BCUT2D eigenvalue weighted by atomic mass is 10.2. The molecule has 5 nitrogen and oxygen atoms in total. The molecule has 0 amide bonds. The summed E-state index contributed by atoms with van der Waals surface area (Å²) in [5, 5.41) is 3.16. The fraction of sp³-hybridized carbons (Fsp3) is 0.538. The Morgan fingerprint density at radius 2 is 1.76 bits per heavy atom. The lowest BCUT2D eigenvalue weighted by Crippen LogP contribution is -2.46. The lowest BCUT2D eigenvalue weighted by molar-refractivity contribution is -0.140. The molecule has 2 rings (SSSR count). The second-order valence-electron chi connectivity index (χ2n) is 5.13. The highest BCUT2D eigenvalue weighted by atomic mass is 35.5. The first-order valence-corrected chi connectivity index (χ1v) is 8.48. The van der Waals surface area contributed by atoms with Gasteiger partial charge in [0.05, 0.1) is 10.5 Å². The van der Waals surface area contributed by atoms with Crippen LogP contribution < -0.4 is 10.0 Å². The first-order valence-electron chi connectivity index (χ1n) is 6.99. The Bertz CT molecular complexity index is 653. The van der Waals surface area contributed by atoms with E-state index in [4.69, 9.17) is 0 Å². The van der Waals surface area contributed by atoms with Crippen LogP contribution in [0, 0.1) is 5.82 Å². The number of rotatable bonds is 5. The van der Waals surface area contributed by atoms with Crippen molar-refractivity contribution in [2.45, 2.75) is 11.1 Å². The molecule has 0 aromatic heterocycles. The van der Waals surface area contributed by atoms with Crippen molar-refractivity contribution in [3.8, 4) is 0 Å². The summed E-state index contributed by atoms with van der Waals surface area (Å²) in [5.41, 5.74) is -1.49. The number of nitrogens with zero attached hydrogens (tertiary/aromatic N) is 1. The Kier molecular flexibility index (Phi) is 9.63. The van der Waals surface area contributed by atoms with E-state index in [1.54, 1.807) is 0 Å². The van der Waals surface area contributed by atoms with Crippen molar-refractivity contribution in [1.29, 1.82) is 0 Å². The lowest BCUT2D eigenvalue weighted by Gasteiger charge is -2.27. The van der Waals surface area contributed by atoms with Crippen molar-refractivity contribution in [3.63, 3.8) is 0 Å². The first kappa shape index (κ1) is 24.4. The maximum absolute atomic E-state index is 13.5. The molecule has 1 aliphatic heterocycles. The molecule has 0 bridgehead atoms. The van der Waals surface area contributed by atoms with E-state index < -0.39 is 32.5 Å². The van der Waals surface area contributed by atoms with Crippen molar-refractivity contribution in [2.24, 2.45) is 0 Å². The average Bonchev–Trinajstić information content (AvgIpc) is 2.46. The molecule has 0 radical (unpaired) electrons. The molecule has 1 aliphatic rings. The molecule has 2 N–H and O–H groups in total. The van der Waals surface area contributed by atoms with Gasteiger partial charge in [0.25, 0.3) is 0 Å². The minimum Gasteiger partial charge on any atom is -0.314 e. The maximum Gasteiger partial charge on any atom is 0.419 e. The monoisotopic (exact) mass is 427 g/mol. The van der Waals surface area contributed by atoms with Crippen LogP contribution in [0.3, 0.4) is 0 Å². The van der Waals surface area contributed by atoms with Gasteiger partial charge in [0, 0.05) is 39.3 Å². The van der Waals surface area contributed by atoms with Gasteiger partial charge in [-0.25, -0.2) is 17.5 Å². The highest BCUT2D eigenvalue weighted by molar-refractivity contribution is 7.89. The molecule has 146 valence electrons. The summed E-state index contributed by atoms with van der Waals surface area (Å²) < 4.78 is 77.1. The zero-order valence-electron chi connectivity index (χ0n) is 13.0. The molecule has 1 aromatic carbocycles. The van der Waals surface area contributed by atoms with Gasteiger partial charge in [0.2, 0.25) is 10.0 Å².